The van der Waals surface area contributed by atoms with Gasteiger partial charge in [-0.1, -0.05) is 24.3 Å². The molecule has 0 heterocycles. The molecule has 0 aliphatic rings. The highest BCUT2D eigenvalue weighted by Gasteiger charge is 1.97. The Morgan fingerprint density at radius 2 is 0.947 bits per heavy atom. The number of phenolic OH excluding ortho intramolecular Hbond substituents is 2. The van der Waals surface area contributed by atoms with Gasteiger partial charge in [-0.05, 0) is 35.4 Å². The summed E-state index contributed by atoms with van der Waals surface area (Å²) >= 11 is 0. The van der Waals surface area contributed by atoms with Crippen LogP contribution in [-0.4, -0.2) is 26.7 Å². The Bertz CT molecular complexity index is 505. The molecule has 5 nitrogen and oxygen atoms in total. The van der Waals surface area contributed by atoms with Crippen LogP contribution in [0, 0.1) is 0 Å². The Hall–Kier alpha value is -1.81. The minimum atomic E-state index is -3.64. The average Bonchev–Trinajstić information content (AvgIpc) is 2.29. The van der Waals surface area contributed by atoms with E-state index in [2.05, 4.69) is 0 Å². The van der Waals surface area contributed by atoms with Crippen molar-refractivity contribution in [2.75, 3.05) is 6.66 Å². The monoisotopic (exact) mass is 282 g/mol. The fraction of sp³-hybridized carbons (Fsp3) is 0.0769. The number of rotatable bonds is 1. The highest BCUT2D eigenvalue weighted by atomic mass is 31.2. The summed E-state index contributed by atoms with van der Waals surface area (Å²) in [4.78, 5) is 15.3. The topological polar surface area (TPSA) is 98.0 Å². The van der Waals surface area contributed by atoms with E-state index in [0.29, 0.717) is 0 Å². The van der Waals surface area contributed by atoms with Gasteiger partial charge in [-0.15, -0.1) is 0 Å². The molecule has 19 heavy (non-hydrogen) atoms. The maximum atomic E-state index is 9.33. The van der Waals surface area contributed by atoms with Gasteiger partial charge >= 0.3 is 7.60 Å². The zero-order valence-electron chi connectivity index (χ0n) is 10.3. The second-order valence-corrected chi connectivity index (χ2v) is 5.60. The zero-order chi connectivity index (χ0) is 14.5. The average molecular weight is 282 g/mol. The van der Waals surface area contributed by atoms with Crippen LogP contribution in [0.5, 0.6) is 11.5 Å². The predicted molar refractivity (Wildman–Crippen MR) is 73.2 cm³/mol. The van der Waals surface area contributed by atoms with E-state index in [0.717, 1.165) is 17.8 Å². The number of phenols is 2. The Balaban J connectivity index is 0.000000312. The number of hydrogen-bond acceptors (Lipinski definition) is 3. The zero-order valence-corrected chi connectivity index (χ0v) is 11.2. The smallest absolute Gasteiger partial charge is 0.322 e. The third kappa shape index (κ3) is 6.62. The predicted octanol–water partition coefficient (Wildman–Crippen LogP) is 2.56. The molecular weight excluding hydrogens is 267 g/mol. The molecule has 2 aromatic rings. The van der Waals surface area contributed by atoms with E-state index in [1.54, 1.807) is 24.3 Å². The fourth-order valence-corrected chi connectivity index (χ4v) is 1.31. The number of benzene rings is 2. The molecular formula is C13H15O5P. The second kappa shape index (κ2) is 6.38. The van der Waals surface area contributed by atoms with Crippen LogP contribution in [-0.2, 0) is 4.57 Å². The van der Waals surface area contributed by atoms with Crippen LogP contribution in [0.25, 0.3) is 11.1 Å². The summed E-state index contributed by atoms with van der Waals surface area (Å²) in [6.45, 7) is 0.854. The molecule has 0 aliphatic heterocycles. The van der Waals surface area contributed by atoms with Crippen molar-refractivity contribution in [3.8, 4) is 22.6 Å². The molecule has 6 heteroatoms. The molecule has 2 aromatic carbocycles. The number of hydrogen-bond donors (Lipinski definition) is 4. The Morgan fingerprint density at radius 1 is 0.737 bits per heavy atom. The van der Waals surface area contributed by atoms with Crippen molar-refractivity contribution < 1.29 is 24.6 Å². The Kier molecular flexibility index (Phi) is 5.12. The van der Waals surface area contributed by atoms with Gasteiger partial charge in [-0.2, -0.15) is 0 Å². The standard InChI is InChI=1S/C12H10O2.CH5O3P/c13-11-5-1-9(2-6-11)10-3-7-12(14)8-4-10;1-5(2,3)4/h1-8,13-14H;1H3,(H2,2,3,4). The maximum absolute atomic E-state index is 9.33. The minimum Gasteiger partial charge on any atom is -0.508 e. The van der Waals surface area contributed by atoms with Crippen LogP contribution in [0.3, 0.4) is 0 Å². The van der Waals surface area contributed by atoms with E-state index < -0.39 is 7.60 Å². The van der Waals surface area contributed by atoms with Gasteiger partial charge in [0, 0.05) is 6.66 Å². The molecule has 0 saturated heterocycles. The first kappa shape index (κ1) is 15.2. The summed E-state index contributed by atoms with van der Waals surface area (Å²) in [5.41, 5.74) is 2.03. The molecule has 4 N–H and O–H groups in total. The molecule has 0 bridgehead atoms. The SMILES string of the molecule is CP(=O)(O)O.Oc1ccc(-c2ccc(O)cc2)cc1. The second-order valence-electron chi connectivity index (χ2n) is 3.93. The molecule has 0 saturated carbocycles. The van der Waals surface area contributed by atoms with Crippen LogP contribution in [0.15, 0.2) is 48.5 Å². The van der Waals surface area contributed by atoms with Crippen LogP contribution in [0.4, 0.5) is 0 Å². The third-order valence-corrected chi connectivity index (χ3v) is 2.07. The maximum Gasteiger partial charge on any atom is 0.322 e. The van der Waals surface area contributed by atoms with Crippen molar-refractivity contribution in [2.45, 2.75) is 0 Å². The first-order valence-electron chi connectivity index (χ1n) is 5.37. The van der Waals surface area contributed by atoms with Crippen molar-refractivity contribution in [1.29, 1.82) is 0 Å². The Morgan fingerprint density at radius 3 is 1.16 bits per heavy atom. The van der Waals surface area contributed by atoms with E-state index in [4.69, 9.17) is 20.0 Å². The van der Waals surface area contributed by atoms with Crippen molar-refractivity contribution in [2.24, 2.45) is 0 Å². The van der Waals surface area contributed by atoms with Crippen molar-refractivity contribution >= 4 is 7.60 Å². The molecule has 0 aliphatic carbocycles. The highest BCUT2D eigenvalue weighted by molar-refractivity contribution is 7.50. The summed E-state index contributed by atoms with van der Waals surface area (Å²) in [6, 6.07) is 13.9. The lowest BCUT2D eigenvalue weighted by atomic mass is 10.1. The van der Waals surface area contributed by atoms with Gasteiger partial charge < -0.3 is 20.0 Å². The molecule has 0 atom stereocenters. The van der Waals surface area contributed by atoms with Gasteiger partial charge in [0.05, 0.1) is 0 Å². The van der Waals surface area contributed by atoms with E-state index in [1.807, 2.05) is 24.3 Å². The van der Waals surface area contributed by atoms with Crippen LogP contribution >= 0.6 is 7.60 Å². The normalized spacial score (nSPS) is 10.5. The molecule has 0 spiro atoms. The lowest BCUT2D eigenvalue weighted by Gasteiger charge is -2.01. The van der Waals surface area contributed by atoms with Gasteiger partial charge in [0.25, 0.3) is 0 Å². The summed E-state index contributed by atoms with van der Waals surface area (Å²) in [5, 5.41) is 18.2. The Labute approximate surface area is 110 Å². The lowest BCUT2D eigenvalue weighted by Crippen LogP contribution is -1.75. The van der Waals surface area contributed by atoms with Crippen LogP contribution in [0.2, 0.25) is 0 Å². The van der Waals surface area contributed by atoms with E-state index in [1.165, 1.54) is 0 Å². The molecule has 0 aromatic heterocycles. The molecule has 0 fully saturated rings. The number of aromatic hydroxyl groups is 2. The first-order valence-corrected chi connectivity index (χ1v) is 7.43. The van der Waals surface area contributed by atoms with Gasteiger partial charge in [0.1, 0.15) is 11.5 Å². The van der Waals surface area contributed by atoms with Crippen LogP contribution in [0.1, 0.15) is 0 Å². The fourth-order valence-electron chi connectivity index (χ4n) is 1.31. The first-order chi connectivity index (χ1) is 8.75. The van der Waals surface area contributed by atoms with Crippen molar-refractivity contribution in [1.82, 2.24) is 0 Å². The van der Waals surface area contributed by atoms with E-state index in [-0.39, 0.29) is 11.5 Å². The van der Waals surface area contributed by atoms with Gasteiger partial charge in [-0.3, -0.25) is 4.57 Å². The minimum absolute atomic E-state index is 0.257. The van der Waals surface area contributed by atoms with Crippen molar-refractivity contribution in [3.05, 3.63) is 48.5 Å². The van der Waals surface area contributed by atoms with Crippen molar-refractivity contribution in [3.63, 3.8) is 0 Å². The third-order valence-electron chi connectivity index (χ3n) is 2.07. The quantitative estimate of drug-likeness (QED) is 0.603. The van der Waals surface area contributed by atoms with Crippen LogP contribution < -0.4 is 0 Å². The summed E-state index contributed by atoms with van der Waals surface area (Å²) < 4.78 is 9.33. The largest absolute Gasteiger partial charge is 0.508 e. The van der Waals surface area contributed by atoms with Gasteiger partial charge in [-0.25, -0.2) is 0 Å². The van der Waals surface area contributed by atoms with E-state index >= 15 is 0 Å². The molecule has 0 amide bonds. The summed E-state index contributed by atoms with van der Waals surface area (Å²) in [5.74, 6) is 0.514. The molecule has 0 radical (unpaired) electrons. The summed E-state index contributed by atoms with van der Waals surface area (Å²) in [6.07, 6.45) is 0. The van der Waals surface area contributed by atoms with Gasteiger partial charge in [0.15, 0.2) is 0 Å². The highest BCUT2D eigenvalue weighted by Crippen LogP contribution is 2.26. The molecule has 102 valence electrons. The molecule has 0 unspecified atom stereocenters. The lowest BCUT2D eigenvalue weighted by molar-refractivity contribution is 0.381. The van der Waals surface area contributed by atoms with E-state index in [9.17, 15) is 4.57 Å². The van der Waals surface area contributed by atoms with Gasteiger partial charge in [0.2, 0.25) is 0 Å². The summed E-state index contributed by atoms with van der Waals surface area (Å²) in [7, 11) is -3.64. The molecule has 2 rings (SSSR count).